The van der Waals surface area contributed by atoms with Crippen LogP contribution in [0.3, 0.4) is 0 Å². The van der Waals surface area contributed by atoms with E-state index in [1.165, 1.54) is 0 Å². The van der Waals surface area contributed by atoms with Crippen molar-refractivity contribution in [2.75, 3.05) is 31.1 Å². The van der Waals surface area contributed by atoms with Gasteiger partial charge in [0, 0.05) is 38.6 Å². The summed E-state index contributed by atoms with van der Waals surface area (Å²) in [5.41, 5.74) is 6.61. The van der Waals surface area contributed by atoms with Crippen molar-refractivity contribution in [1.82, 2.24) is 15.1 Å². The number of nitrogens with zero attached hydrogens (tertiary/aromatic N) is 4. The molecule has 0 spiro atoms. The van der Waals surface area contributed by atoms with E-state index in [0.717, 1.165) is 44.1 Å². The Balaban J connectivity index is 1.95. The first-order valence-electron chi connectivity index (χ1n) is 7.15. The van der Waals surface area contributed by atoms with Gasteiger partial charge in [0.25, 0.3) is 0 Å². The Labute approximate surface area is 120 Å². The van der Waals surface area contributed by atoms with Crippen LogP contribution in [0.2, 0.25) is 0 Å². The zero-order chi connectivity index (χ0) is 14.5. The molecule has 0 saturated carbocycles. The quantitative estimate of drug-likeness (QED) is 0.874. The van der Waals surface area contributed by atoms with Gasteiger partial charge < -0.3 is 15.5 Å². The molecule has 2 N–H and O–H groups in total. The van der Waals surface area contributed by atoms with Crippen LogP contribution in [0.1, 0.15) is 25.5 Å². The van der Waals surface area contributed by atoms with E-state index >= 15 is 0 Å². The van der Waals surface area contributed by atoms with Crippen molar-refractivity contribution in [3.63, 3.8) is 0 Å². The zero-order valence-electron chi connectivity index (χ0n) is 12.2. The van der Waals surface area contributed by atoms with Gasteiger partial charge in [-0.2, -0.15) is 5.10 Å². The highest BCUT2D eigenvalue weighted by Crippen LogP contribution is 2.13. The van der Waals surface area contributed by atoms with E-state index < -0.39 is 0 Å². The molecule has 1 amide bonds. The van der Waals surface area contributed by atoms with Crippen LogP contribution in [0.25, 0.3) is 0 Å². The maximum absolute atomic E-state index is 12.0. The fourth-order valence-corrected chi connectivity index (χ4v) is 2.36. The molecule has 0 radical (unpaired) electrons. The molecule has 1 aromatic rings. The number of hydrogen-bond donors (Lipinski definition) is 1. The van der Waals surface area contributed by atoms with Gasteiger partial charge in [-0.3, -0.25) is 4.79 Å². The Morgan fingerprint density at radius 1 is 1.30 bits per heavy atom. The number of aryl methyl sites for hydroxylation is 1. The third-order valence-electron chi connectivity index (χ3n) is 3.45. The summed E-state index contributed by atoms with van der Waals surface area (Å²) in [6.45, 7) is 7.00. The topological polar surface area (TPSA) is 75.3 Å². The van der Waals surface area contributed by atoms with Crippen molar-refractivity contribution in [2.24, 2.45) is 5.73 Å². The molecule has 1 saturated heterocycles. The normalized spacial score (nSPS) is 17.8. The molecule has 1 aromatic heterocycles. The van der Waals surface area contributed by atoms with Crippen molar-refractivity contribution in [3.05, 3.63) is 17.8 Å². The van der Waals surface area contributed by atoms with E-state index in [9.17, 15) is 4.79 Å². The first-order chi connectivity index (χ1) is 9.56. The molecular formula is C14H23N5O. The van der Waals surface area contributed by atoms with Crippen LogP contribution in [0, 0.1) is 6.92 Å². The molecule has 1 aliphatic heterocycles. The third-order valence-corrected chi connectivity index (χ3v) is 3.45. The Hall–Kier alpha value is -1.69. The Bertz CT molecular complexity index is 445. The fraction of sp³-hybridized carbons (Fsp3) is 0.643. The second-order valence-electron chi connectivity index (χ2n) is 5.44. The van der Waals surface area contributed by atoms with Crippen molar-refractivity contribution < 1.29 is 4.79 Å². The first-order valence-corrected chi connectivity index (χ1v) is 7.15. The third kappa shape index (κ3) is 3.90. The van der Waals surface area contributed by atoms with Gasteiger partial charge in [-0.25, -0.2) is 0 Å². The van der Waals surface area contributed by atoms with Gasteiger partial charge in [0.05, 0.1) is 5.69 Å². The SMILES string of the molecule is Cc1ccc(N2CCCN(C(=O)CC(C)N)CC2)nn1. The van der Waals surface area contributed by atoms with E-state index in [-0.39, 0.29) is 11.9 Å². The summed E-state index contributed by atoms with van der Waals surface area (Å²) < 4.78 is 0. The van der Waals surface area contributed by atoms with Crippen LogP contribution >= 0.6 is 0 Å². The lowest BCUT2D eigenvalue weighted by molar-refractivity contribution is -0.131. The van der Waals surface area contributed by atoms with E-state index in [1.54, 1.807) is 0 Å². The summed E-state index contributed by atoms with van der Waals surface area (Å²) in [5.74, 6) is 1.04. The molecule has 1 atom stereocenters. The molecule has 0 bridgehead atoms. The average molecular weight is 277 g/mol. The second-order valence-corrected chi connectivity index (χ2v) is 5.44. The van der Waals surface area contributed by atoms with Crippen molar-refractivity contribution >= 4 is 11.7 Å². The highest BCUT2D eigenvalue weighted by atomic mass is 16.2. The molecular weight excluding hydrogens is 254 g/mol. The van der Waals surface area contributed by atoms with Crippen molar-refractivity contribution in [2.45, 2.75) is 32.7 Å². The fourth-order valence-electron chi connectivity index (χ4n) is 2.36. The molecule has 1 aliphatic rings. The molecule has 2 heterocycles. The first kappa shape index (κ1) is 14.7. The number of nitrogens with two attached hydrogens (primary N) is 1. The molecule has 110 valence electrons. The predicted octanol–water partition coefficient (Wildman–Crippen LogP) is 0.561. The minimum absolute atomic E-state index is 0.0789. The van der Waals surface area contributed by atoms with Gasteiger partial charge >= 0.3 is 0 Å². The van der Waals surface area contributed by atoms with Crippen LogP contribution in [0.15, 0.2) is 12.1 Å². The number of rotatable bonds is 3. The summed E-state index contributed by atoms with van der Waals surface area (Å²) in [4.78, 5) is 16.1. The number of carbonyl (C=O) groups is 1. The monoisotopic (exact) mass is 277 g/mol. The van der Waals surface area contributed by atoms with Gasteiger partial charge in [-0.05, 0) is 32.4 Å². The Kier molecular flexibility index (Phi) is 4.89. The summed E-state index contributed by atoms with van der Waals surface area (Å²) in [5, 5.41) is 8.30. The molecule has 6 heteroatoms. The molecule has 0 aromatic carbocycles. The van der Waals surface area contributed by atoms with Gasteiger partial charge in [-0.1, -0.05) is 0 Å². The maximum Gasteiger partial charge on any atom is 0.224 e. The molecule has 20 heavy (non-hydrogen) atoms. The standard InChI is InChI=1S/C14H23N5O/c1-11(15)10-14(20)19-7-3-6-18(8-9-19)13-5-4-12(2)16-17-13/h4-5,11H,3,6-10,15H2,1-2H3. The van der Waals surface area contributed by atoms with Crippen molar-refractivity contribution in [1.29, 1.82) is 0 Å². The summed E-state index contributed by atoms with van der Waals surface area (Å²) >= 11 is 0. The predicted molar refractivity (Wildman–Crippen MR) is 78.4 cm³/mol. The lowest BCUT2D eigenvalue weighted by atomic mass is 10.2. The molecule has 1 fully saturated rings. The van der Waals surface area contributed by atoms with Crippen LogP contribution in [-0.4, -0.2) is 53.2 Å². The van der Waals surface area contributed by atoms with Gasteiger partial charge in [-0.15, -0.1) is 5.10 Å². The number of aromatic nitrogens is 2. The average Bonchev–Trinajstić information content (AvgIpc) is 2.64. The van der Waals surface area contributed by atoms with Gasteiger partial charge in [0.2, 0.25) is 5.91 Å². The van der Waals surface area contributed by atoms with E-state index in [1.807, 2.05) is 30.9 Å². The highest BCUT2D eigenvalue weighted by molar-refractivity contribution is 5.76. The Morgan fingerprint density at radius 2 is 2.10 bits per heavy atom. The smallest absolute Gasteiger partial charge is 0.224 e. The van der Waals surface area contributed by atoms with Crippen LogP contribution < -0.4 is 10.6 Å². The summed E-state index contributed by atoms with van der Waals surface area (Å²) in [6.07, 6.45) is 1.37. The lowest BCUT2D eigenvalue weighted by Gasteiger charge is -2.23. The number of amides is 1. The minimum atomic E-state index is -0.0789. The Morgan fingerprint density at radius 3 is 2.75 bits per heavy atom. The van der Waals surface area contributed by atoms with Crippen molar-refractivity contribution in [3.8, 4) is 0 Å². The second kappa shape index (κ2) is 6.65. The molecule has 1 unspecified atom stereocenters. The van der Waals surface area contributed by atoms with Crippen LogP contribution in [0.4, 0.5) is 5.82 Å². The summed E-state index contributed by atoms with van der Waals surface area (Å²) in [6, 6.07) is 3.87. The van der Waals surface area contributed by atoms with Gasteiger partial charge in [0.15, 0.2) is 5.82 Å². The minimum Gasteiger partial charge on any atom is -0.353 e. The van der Waals surface area contributed by atoms with Crippen LogP contribution in [0.5, 0.6) is 0 Å². The van der Waals surface area contributed by atoms with Gasteiger partial charge in [0.1, 0.15) is 0 Å². The van der Waals surface area contributed by atoms with E-state index in [0.29, 0.717) is 6.42 Å². The molecule has 0 aliphatic carbocycles. The summed E-state index contributed by atoms with van der Waals surface area (Å²) in [7, 11) is 0. The molecule has 6 nitrogen and oxygen atoms in total. The zero-order valence-corrected chi connectivity index (χ0v) is 12.2. The number of anilines is 1. The number of hydrogen-bond acceptors (Lipinski definition) is 5. The lowest BCUT2D eigenvalue weighted by Crippen LogP contribution is -2.37. The number of carbonyl (C=O) groups excluding carboxylic acids is 1. The highest BCUT2D eigenvalue weighted by Gasteiger charge is 2.20. The van der Waals surface area contributed by atoms with E-state index in [2.05, 4.69) is 15.1 Å². The molecule has 2 rings (SSSR count). The van der Waals surface area contributed by atoms with E-state index in [4.69, 9.17) is 5.73 Å². The maximum atomic E-state index is 12.0. The van der Waals surface area contributed by atoms with Crippen LogP contribution in [-0.2, 0) is 4.79 Å². The largest absolute Gasteiger partial charge is 0.353 e.